The maximum absolute atomic E-state index is 11.8. The van der Waals surface area contributed by atoms with E-state index >= 15 is 0 Å². The summed E-state index contributed by atoms with van der Waals surface area (Å²) < 4.78 is 9.81. The molecule has 1 heterocycles. The largest absolute Gasteiger partial charge is 0.394 e. The molecule has 2 atom stereocenters. The Morgan fingerprint density at radius 3 is 1.67 bits per heavy atom. The van der Waals surface area contributed by atoms with E-state index in [0.29, 0.717) is 0 Å². The molecule has 1 saturated heterocycles. The monoisotopic (exact) mass is 266 g/mol. The van der Waals surface area contributed by atoms with Crippen LogP contribution in [-0.4, -0.2) is 88.6 Å². The zero-order valence-corrected chi connectivity index (χ0v) is 9.81. The molecule has 1 rings (SSSR count). The fourth-order valence-corrected chi connectivity index (χ4v) is 1.43. The van der Waals surface area contributed by atoms with E-state index in [2.05, 4.69) is 0 Å². The number of aliphatic hydroxyl groups is 4. The van der Waals surface area contributed by atoms with Crippen molar-refractivity contribution in [1.82, 2.24) is 9.80 Å². The second-order valence-corrected chi connectivity index (χ2v) is 3.57. The molecule has 0 radical (unpaired) electrons. The number of amides is 2. The first-order chi connectivity index (χ1) is 8.63. The van der Waals surface area contributed by atoms with Crippen LogP contribution in [0.15, 0.2) is 0 Å². The number of carbonyl (C=O) groups excluding carboxylic acids is 1. The molecule has 0 aromatic heterocycles. The van der Waals surface area contributed by atoms with Crippen molar-refractivity contribution >= 4 is 6.03 Å². The number of hydrogen-bond acceptors (Lipinski definition) is 7. The summed E-state index contributed by atoms with van der Waals surface area (Å²) in [5, 5.41) is 36.3. The number of ether oxygens (including phenoxy) is 2. The molecule has 1 fully saturated rings. The lowest BCUT2D eigenvalue weighted by Gasteiger charge is -2.18. The van der Waals surface area contributed by atoms with Crippen LogP contribution in [0.1, 0.15) is 0 Å². The first-order valence-corrected chi connectivity index (χ1v) is 5.44. The van der Waals surface area contributed by atoms with Gasteiger partial charge in [0, 0.05) is 0 Å². The van der Waals surface area contributed by atoms with Crippen molar-refractivity contribution < 1.29 is 34.7 Å². The molecule has 106 valence electrons. The van der Waals surface area contributed by atoms with Gasteiger partial charge in [0.25, 0.3) is 0 Å². The lowest BCUT2D eigenvalue weighted by molar-refractivity contribution is -0.108. The molecule has 4 N–H and O–H groups in total. The summed E-state index contributed by atoms with van der Waals surface area (Å²) in [6, 6.07) is -0.647. The van der Waals surface area contributed by atoms with Crippen molar-refractivity contribution in [2.45, 2.75) is 12.5 Å². The Morgan fingerprint density at radius 1 is 0.944 bits per heavy atom. The number of hydrogen-bond donors (Lipinski definition) is 4. The second-order valence-electron chi connectivity index (χ2n) is 3.57. The Morgan fingerprint density at radius 2 is 1.33 bits per heavy atom. The third-order valence-corrected chi connectivity index (χ3v) is 2.33. The van der Waals surface area contributed by atoms with E-state index in [9.17, 15) is 15.0 Å². The summed E-state index contributed by atoms with van der Waals surface area (Å²) in [4.78, 5) is 13.6. The molecule has 1 aliphatic rings. The maximum Gasteiger partial charge on any atom is 0.328 e. The molecule has 1 aliphatic heterocycles. The highest BCUT2D eigenvalue weighted by Gasteiger charge is 2.44. The maximum atomic E-state index is 11.8. The van der Waals surface area contributed by atoms with Gasteiger partial charge in [0.1, 0.15) is 13.5 Å². The van der Waals surface area contributed by atoms with E-state index in [1.807, 2.05) is 0 Å². The van der Waals surface area contributed by atoms with Crippen molar-refractivity contribution in [1.29, 1.82) is 0 Å². The SMILES string of the molecule is O=C1N(COCCO)C(O)C(O)N1COCCO. The molecule has 2 unspecified atom stereocenters. The molecule has 0 bridgehead atoms. The van der Waals surface area contributed by atoms with Crippen LogP contribution in [0.4, 0.5) is 4.79 Å². The van der Waals surface area contributed by atoms with Crippen LogP contribution >= 0.6 is 0 Å². The van der Waals surface area contributed by atoms with Crippen molar-refractivity contribution in [3.63, 3.8) is 0 Å². The first-order valence-electron chi connectivity index (χ1n) is 5.44. The summed E-state index contributed by atoms with van der Waals surface area (Å²) in [7, 11) is 0. The number of aliphatic hydroxyl groups excluding tert-OH is 4. The van der Waals surface area contributed by atoms with Gasteiger partial charge < -0.3 is 29.9 Å². The van der Waals surface area contributed by atoms with E-state index in [1.54, 1.807) is 0 Å². The Kier molecular flexibility index (Phi) is 6.25. The predicted octanol–water partition coefficient (Wildman–Crippen LogP) is -2.71. The van der Waals surface area contributed by atoms with E-state index in [4.69, 9.17) is 19.7 Å². The van der Waals surface area contributed by atoms with Crippen LogP contribution < -0.4 is 0 Å². The van der Waals surface area contributed by atoms with Crippen LogP contribution in [0.25, 0.3) is 0 Å². The van der Waals surface area contributed by atoms with E-state index in [-0.39, 0.29) is 39.9 Å². The summed E-state index contributed by atoms with van der Waals surface area (Å²) in [5.74, 6) is 0. The fourth-order valence-electron chi connectivity index (χ4n) is 1.43. The van der Waals surface area contributed by atoms with Gasteiger partial charge in [-0.15, -0.1) is 0 Å². The standard InChI is InChI=1S/C9H18N2O7/c12-1-3-17-5-10-7(14)8(15)11(9(10)16)6-18-4-2-13/h7-8,12-15H,1-6H2. The minimum Gasteiger partial charge on any atom is -0.394 e. The minimum absolute atomic E-state index is 0.0214. The Bertz CT molecular complexity index is 241. The molecule has 0 aliphatic carbocycles. The van der Waals surface area contributed by atoms with E-state index in [0.717, 1.165) is 9.80 Å². The van der Waals surface area contributed by atoms with Gasteiger partial charge in [-0.1, -0.05) is 0 Å². The molecular weight excluding hydrogens is 248 g/mol. The molecular formula is C9H18N2O7. The number of rotatable bonds is 8. The highest BCUT2D eigenvalue weighted by atomic mass is 16.5. The predicted molar refractivity (Wildman–Crippen MR) is 56.9 cm³/mol. The molecule has 0 spiro atoms. The molecule has 0 aromatic carbocycles. The zero-order valence-electron chi connectivity index (χ0n) is 9.81. The average Bonchev–Trinajstić information content (AvgIpc) is 2.56. The normalized spacial score (nSPS) is 24.1. The summed E-state index contributed by atoms with van der Waals surface area (Å²) in [6.45, 7) is -0.850. The summed E-state index contributed by atoms with van der Waals surface area (Å²) in [5.41, 5.74) is 0. The molecule has 0 aromatic rings. The van der Waals surface area contributed by atoms with Crippen molar-refractivity contribution in [2.75, 3.05) is 39.9 Å². The van der Waals surface area contributed by atoms with Gasteiger partial charge in [-0.3, -0.25) is 9.80 Å². The van der Waals surface area contributed by atoms with Crippen molar-refractivity contribution in [2.24, 2.45) is 0 Å². The van der Waals surface area contributed by atoms with Gasteiger partial charge in [-0.25, -0.2) is 4.79 Å². The third kappa shape index (κ3) is 3.51. The zero-order chi connectivity index (χ0) is 13.5. The van der Waals surface area contributed by atoms with Gasteiger partial charge >= 0.3 is 6.03 Å². The van der Waals surface area contributed by atoms with Gasteiger partial charge in [-0.05, 0) is 0 Å². The molecule has 18 heavy (non-hydrogen) atoms. The number of nitrogens with zero attached hydrogens (tertiary/aromatic N) is 2. The van der Waals surface area contributed by atoms with E-state index < -0.39 is 18.5 Å². The number of carbonyl (C=O) groups is 1. The van der Waals surface area contributed by atoms with Gasteiger partial charge in [-0.2, -0.15) is 0 Å². The average molecular weight is 266 g/mol. The third-order valence-electron chi connectivity index (χ3n) is 2.33. The smallest absolute Gasteiger partial charge is 0.328 e. The summed E-state index contributed by atoms with van der Waals surface area (Å²) in [6.07, 6.45) is -2.84. The van der Waals surface area contributed by atoms with Crippen molar-refractivity contribution in [3.8, 4) is 0 Å². The fraction of sp³-hybridized carbons (Fsp3) is 0.889. The highest BCUT2D eigenvalue weighted by Crippen LogP contribution is 2.19. The van der Waals surface area contributed by atoms with Crippen LogP contribution in [0.3, 0.4) is 0 Å². The van der Waals surface area contributed by atoms with Crippen LogP contribution in [0, 0.1) is 0 Å². The minimum atomic E-state index is -1.42. The summed E-state index contributed by atoms with van der Waals surface area (Å²) >= 11 is 0. The Labute approximate surface area is 104 Å². The van der Waals surface area contributed by atoms with Gasteiger partial charge in [0.2, 0.25) is 0 Å². The Hall–Kier alpha value is -0.970. The van der Waals surface area contributed by atoms with Gasteiger partial charge in [0.15, 0.2) is 12.5 Å². The lowest BCUT2D eigenvalue weighted by Crippen LogP contribution is -2.38. The van der Waals surface area contributed by atoms with Crippen LogP contribution in [0.2, 0.25) is 0 Å². The molecule has 2 amide bonds. The Balaban J connectivity index is 2.48. The van der Waals surface area contributed by atoms with Crippen LogP contribution in [-0.2, 0) is 9.47 Å². The quantitative estimate of drug-likeness (QED) is 0.352. The lowest BCUT2D eigenvalue weighted by atomic mass is 10.5. The van der Waals surface area contributed by atoms with E-state index in [1.165, 1.54) is 0 Å². The molecule has 0 saturated carbocycles. The second kappa shape index (κ2) is 7.46. The first kappa shape index (κ1) is 15.1. The highest BCUT2D eigenvalue weighted by molar-refractivity contribution is 5.77. The molecule has 9 heteroatoms. The van der Waals surface area contributed by atoms with Crippen molar-refractivity contribution in [3.05, 3.63) is 0 Å². The number of urea groups is 1. The van der Waals surface area contributed by atoms with Crippen LogP contribution in [0.5, 0.6) is 0 Å². The topological polar surface area (TPSA) is 123 Å². The van der Waals surface area contributed by atoms with Gasteiger partial charge in [0.05, 0.1) is 26.4 Å². The molecule has 9 nitrogen and oxygen atoms in total.